The van der Waals surface area contributed by atoms with Gasteiger partial charge in [-0.1, -0.05) is 12.5 Å². The number of nitrogens with one attached hydrogen (secondary N) is 1. The van der Waals surface area contributed by atoms with Crippen LogP contribution in [0.2, 0.25) is 0 Å². The van der Waals surface area contributed by atoms with Crippen molar-refractivity contribution in [3.05, 3.63) is 29.3 Å². The van der Waals surface area contributed by atoms with Gasteiger partial charge in [0, 0.05) is 6.54 Å². The highest BCUT2D eigenvalue weighted by Crippen LogP contribution is 2.25. The quantitative estimate of drug-likeness (QED) is 0.884. The Balaban J connectivity index is 2.07. The van der Waals surface area contributed by atoms with Gasteiger partial charge in [0.05, 0.1) is 11.0 Å². The number of sulfonamides is 1. The van der Waals surface area contributed by atoms with E-state index in [1.807, 2.05) is 19.9 Å². The van der Waals surface area contributed by atoms with E-state index in [1.165, 1.54) is 0 Å². The van der Waals surface area contributed by atoms with Crippen molar-refractivity contribution in [1.29, 1.82) is 0 Å². The van der Waals surface area contributed by atoms with Crippen LogP contribution in [0.15, 0.2) is 23.1 Å². The van der Waals surface area contributed by atoms with Gasteiger partial charge in [0.25, 0.3) is 0 Å². The van der Waals surface area contributed by atoms with Gasteiger partial charge in [0.1, 0.15) is 0 Å². The van der Waals surface area contributed by atoms with Crippen LogP contribution in [0.5, 0.6) is 0 Å². The Morgan fingerprint density at radius 1 is 1.26 bits per heavy atom. The lowest BCUT2D eigenvalue weighted by Gasteiger charge is -2.15. The summed E-state index contributed by atoms with van der Waals surface area (Å²) in [6.45, 7) is 4.17. The monoisotopic (exact) mass is 283 g/mol. The maximum absolute atomic E-state index is 12.2. The molecular formula is C14H21NO3S. The highest BCUT2D eigenvalue weighted by atomic mass is 32.2. The summed E-state index contributed by atoms with van der Waals surface area (Å²) in [6.07, 6.45) is 2.26. The first kappa shape index (κ1) is 14.5. The molecule has 2 rings (SSSR count). The summed E-state index contributed by atoms with van der Waals surface area (Å²) in [5.74, 6) is 0.0429. The summed E-state index contributed by atoms with van der Waals surface area (Å²) in [7, 11) is -3.47. The molecule has 19 heavy (non-hydrogen) atoms. The van der Waals surface area contributed by atoms with Crippen LogP contribution in [0, 0.1) is 19.8 Å². The van der Waals surface area contributed by atoms with Gasteiger partial charge in [-0.25, -0.2) is 13.1 Å². The number of hydrogen-bond donors (Lipinski definition) is 2. The van der Waals surface area contributed by atoms with Crippen molar-refractivity contribution in [2.45, 2.75) is 44.1 Å². The second kappa shape index (κ2) is 5.61. The maximum Gasteiger partial charge on any atom is 0.240 e. The summed E-state index contributed by atoms with van der Waals surface area (Å²) >= 11 is 0. The van der Waals surface area contributed by atoms with Gasteiger partial charge in [0.15, 0.2) is 0 Å². The topological polar surface area (TPSA) is 66.4 Å². The fraction of sp³-hybridized carbons (Fsp3) is 0.571. The fourth-order valence-corrected chi connectivity index (χ4v) is 3.62. The number of aryl methyl sites for hydroxylation is 2. The Bertz CT molecular complexity index is 554. The minimum atomic E-state index is -3.47. The number of benzene rings is 1. The lowest BCUT2D eigenvalue weighted by molar-refractivity contribution is 0.134. The molecule has 0 spiro atoms. The SMILES string of the molecule is Cc1ccc(S(=O)(=O)NCC2CCCC2O)cc1C. The molecule has 1 aromatic carbocycles. The van der Waals surface area contributed by atoms with Crippen LogP contribution in [0.4, 0.5) is 0 Å². The van der Waals surface area contributed by atoms with Crippen molar-refractivity contribution >= 4 is 10.0 Å². The maximum atomic E-state index is 12.2. The summed E-state index contributed by atoms with van der Waals surface area (Å²) in [4.78, 5) is 0.295. The summed E-state index contributed by atoms with van der Waals surface area (Å²) in [6, 6.07) is 5.12. The Morgan fingerprint density at radius 2 is 2.00 bits per heavy atom. The van der Waals surface area contributed by atoms with Gasteiger partial charge in [-0.3, -0.25) is 0 Å². The molecular weight excluding hydrogens is 262 g/mol. The van der Waals surface area contributed by atoms with E-state index >= 15 is 0 Å². The van der Waals surface area contributed by atoms with Gasteiger partial charge in [-0.2, -0.15) is 0 Å². The molecule has 2 atom stereocenters. The second-order valence-electron chi connectivity index (χ2n) is 5.36. The van der Waals surface area contributed by atoms with Crippen LogP contribution in [-0.4, -0.2) is 26.2 Å². The first-order valence-corrected chi connectivity index (χ1v) is 8.13. The van der Waals surface area contributed by atoms with Crippen LogP contribution >= 0.6 is 0 Å². The lowest BCUT2D eigenvalue weighted by atomic mass is 10.1. The first-order chi connectivity index (χ1) is 8.90. The molecule has 2 unspecified atom stereocenters. The Morgan fingerprint density at radius 3 is 2.58 bits per heavy atom. The van der Waals surface area contributed by atoms with Crippen molar-refractivity contribution in [2.75, 3.05) is 6.54 Å². The third-order valence-electron chi connectivity index (χ3n) is 3.94. The van der Waals surface area contributed by atoms with E-state index in [4.69, 9.17) is 0 Å². The zero-order valence-electron chi connectivity index (χ0n) is 11.4. The lowest BCUT2D eigenvalue weighted by Crippen LogP contribution is -2.32. The van der Waals surface area contributed by atoms with Crippen LogP contribution in [0.1, 0.15) is 30.4 Å². The Kier molecular flexibility index (Phi) is 4.28. The largest absolute Gasteiger partial charge is 0.393 e. The summed E-state index contributed by atoms with van der Waals surface area (Å²) in [5.41, 5.74) is 2.04. The molecule has 0 radical (unpaired) electrons. The van der Waals surface area contributed by atoms with Crippen LogP contribution < -0.4 is 4.72 Å². The molecule has 0 saturated heterocycles. The third kappa shape index (κ3) is 3.35. The number of hydrogen-bond acceptors (Lipinski definition) is 3. The van der Waals surface area contributed by atoms with E-state index in [9.17, 15) is 13.5 Å². The number of aliphatic hydroxyl groups is 1. The van der Waals surface area contributed by atoms with Crippen molar-refractivity contribution in [3.63, 3.8) is 0 Å². The molecule has 1 aliphatic rings. The minimum Gasteiger partial charge on any atom is -0.393 e. The first-order valence-electron chi connectivity index (χ1n) is 6.65. The van der Waals surface area contributed by atoms with E-state index < -0.39 is 10.0 Å². The smallest absolute Gasteiger partial charge is 0.240 e. The molecule has 0 bridgehead atoms. The highest BCUT2D eigenvalue weighted by molar-refractivity contribution is 7.89. The van der Waals surface area contributed by atoms with E-state index in [2.05, 4.69) is 4.72 Å². The standard InChI is InChI=1S/C14H21NO3S/c1-10-6-7-13(8-11(10)2)19(17,18)15-9-12-4-3-5-14(12)16/h6-8,12,14-16H,3-5,9H2,1-2H3. The molecule has 4 nitrogen and oxygen atoms in total. The van der Waals surface area contributed by atoms with E-state index in [-0.39, 0.29) is 12.0 Å². The van der Waals surface area contributed by atoms with E-state index in [0.717, 1.165) is 30.4 Å². The second-order valence-corrected chi connectivity index (χ2v) is 7.12. The molecule has 0 aromatic heterocycles. The van der Waals surface area contributed by atoms with Crippen LogP contribution in [-0.2, 0) is 10.0 Å². The summed E-state index contributed by atoms with van der Waals surface area (Å²) in [5, 5.41) is 9.70. The zero-order valence-corrected chi connectivity index (χ0v) is 12.2. The number of aliphatic hydroxyl groups excluding tert-OH is 1. The van der Waals surface area contributed by atoms with Crippen molar-refractivity contribution < 1.29 is 13.5 Å². The minimum absolute atomic E-state index is 0.0429. The molecule has 1 saturated carbocycles. The number of rotatable bonds is 4. The van der Waals surface area contributed by atoms with E-state index in [1.54, 1.807) is 12.1 Å². The predicted octanol–water partition coefficient (Wildman–Crippen LogP) is 1.74. The molecule has 1 aromatic rings. The Hall–Kier alpha value is -0.910. The molecule has 2 N–H and O–H groups in total. The van der Waals surface area contributed by atoms with Gasteiger partial charge >= 0.3 is 0 Å². The molecule has 0 aliphatic heterocycles. The van der Waals surface area contributed by atoms with Gasteiger partial charge in [-0.05, 0) is 55.9 Å². The molecule has 0 amide bonds. The third-order valence-corrected chi connectivity index (χ3v) is 5.36. The molecule has 106 valence electrons. The molecule has 0 heterocycles. The van der Waals surface area contributed by atoms with Crippen molar-refractivity contribution in [2.24, 2.45) is 5.92 Å². The Labute approximate surface area is 114 Å². The van der Waals surface area contributed by atoms with Crippen LogP contribution in [0.25, 0.3) is 0 Å². The molecule has 5 heteroatoms. The van der Waals surface area contributed by atoms with Gasteiger partial charge in [0.2, 0.25) is 10.0 Å². The van der Waals surface area contributed by atoms with Gasteiger partial charge in [-0.15, -0.1) is 0 Å². The van der Waals surface area contributed by atoms with Crippen molar-refractivity contribution in [1.82, 2.24) is 4.72 Å². The normalized spacial score (nSPS) is 23.7. The average molecular weight is 283 g/mol. The molecule has 1 aliphatic carbocycles. The average Bonchev–Trinajstić information content (AvgIpc) is 2.76. The van der Waals surface area contributed by atoms with Crippen molar-refractivity contribution in [3.8, 4) is 0 Å². The highest BCUT2D eigenvalue weighted by Gasteiger charge is 2.26. The fourth-order valence-electron chi connectivity index (χ4n) is 2.44. The van der Waals surface area contributed by atoms with Crippen LogP contribution in [0.3, 0.4) is 0 Å². The summed E-state index contributed by atoms with van der Waals surface area (Å²) < 4.78 is 26.9. The van der Waals surface area contributed by atoms with Gasteiger partial charge < -0.3 is 5.11 Å². The zero-order chi connectivity index (χ0) is 14.0. The molecule has 1 fully saturated rings. The predicted molar refractivity (Wildman–Crippen MR) is 74.5 cm³/mol. The van der Waals surface area contributed by atoms with E-state index in [0.29, 0.717) is 11.4 Å².